The van der Waals surface area contributed by atoms with Crippen LogP contribution in [0.2, 0.25) is 0 Å². The Hall–Kier alpha value is -5.11. The molecule has 0 fully saturated rings. The Bertz CT molecular complexity index is 1570. The fourth-order valence-corrected chi connectivity index (χ4v) is 3.94. The molecule has 0 radical (unpaired) electrons. The number of hydrogen-bond donors (Lipinski definition) is 2. The van der Waals surface area contributed by atoms with Gasteiger partial charge in [-0.25, -0.2) is 0 Å². The molecule has 0 bridgehead atoms. The van der Waals surface area contributed by atoms with Crippen molar-refractivity contribution in [3.63, 3.8) is 0 Å². The highest BCUT2D eigenvalue weighted by atomic mass is 16.5. The summed E-state index contributed by atoms with van der Waals surface area (Å²) in [5.41, 5.74) is 2.69. The van der Waals surface area contributed by atoms with Crippen LogP contribution in [0.4, 0.5) is 11.4 Å². The summed E-state index contributed by atoms with van der Waals surface area (Å²) in [5, 5.41) is 11.7. The molecule has 1 aromatic heterocycles. The predicted molar refractivity (Wildman–Crippen MR) is 146 cm³/mol. The highest BCUT2D eigenvalue weighted by Crippen LogP contribution is 2.25. The van der Waals surface area contributed by atoms with Crippen LogP contribution in [0.1, 0.15) is 15.9 Å². The van der Waals surface area contributed by atoms with Crippen molar-refractivity contribution in [3.8, 4) is 11.5 Å². The molecule has 8 heteroatoms. The number of aryl methyl sites for hydroxylation is 1. The van der Waals surface area contributed by atoms with Gasteiger partial charge in [0.25, 0.3) is 11.8 Å². The monoisotopic (exact) mass is 506 g/mol. The highest BCUT2D eigenvalue weighted by molar-refractivity contribution is 6.04. The first-order valence-corrected chi connectivity index (χ1v) is 12.1. The number of aromatic nitrogens is 2. The number of carbonyl (C=O) groups excluding carboxylic acids is 2. The zero-order chi connectivity index (χ0) is 26.3. The summed E-state index contributed by atoms with van der Waals surface area (Å²) in [6, 6.07) is 28.2. The van der Waals surface area contributed by atoms with E-state index in [-0.39, 0.29) is 18.4 Å². The van der Waals surface area contributed by atoms with Crippen LogP contribution in [-0.2, 0) is 18.4 Å². The molecule has 5 rings (SSSR count). The van der Waals surface area contributed by atoms with Crippen molar-refractivity contribution in [2.45, 2.75) is 6.61 Å². The third kappa shape index (κ3) is 6.17. The lowest BCUT2D eigenvalue weighted by molar-refractivity contribution is -0.118. The maximum absolute atomic E-state index is 12.5. The molecule has 0 aliphatic carbocycles. The maximum Gasteiger partial charge on any atom is 0.262 e. The summed E-state index contributed by atoms with van der Waals surface area (Å²) in [7, 11) is 1.76. The molecular formula is C30H26N4O4. The molecule has 4 aromatic carbocycles. The minimum atomic E-state index is -0.250. The van der Waals surface area contributed by atoms with Crippen molar-refractivity contribution in [3.05, 3.63) is 115 Å². The van der Waals surface area contributed by atoms with E-state index in [2.05, 4.69) is 15.7 Å². The van der Waals surface area contributed by atoms with Crippen LogP contribution in [0.15, 0.2) is 103 Å². The smallest absolute Gasteiger partial charge is 0.262 e. The minimum Gasteiger partial charge on any atom is -0.489 e. The highest BCUT2D eigenvalue weighted by Gasteiger charge is 2.09. The van der Waals surface area contributed by atoms with Crippen LogP contribution in [0.5, 0.6) is 11.5 Å². The van der Waals surface area contributed by atoms with E-state index in [4.69, 9.17) is 9.47 Å². The van der Waals surface area contributed by atoms with Crippen LogP contribution in [-0.4, -0.2) is 28.2 Å². The van der Waals surface area contributed by atoms with Gasteiger partial charge in [0.15, 0.2) is 6.61 Å². The topological polar surface area (TPSA) is 94.5 Å². The van der Waals surface area contributed by atoms with Crippen molar-refractivity contribution >= 4 is 34.0 Å². The zero-order valence-electron chi connectivity index (χ0n) is 20.8. The van der Waals surface area contributed by atoms with Gasteiger partial charge in [0.05, 0.1) is 11.8 Å². The number of amides is 2. The van der Waals surface area contributed by atoms with E-state index >= 15 is 0 Å². The number of benzene rings is 4. The van der Waals surface area contributed by atoms with Gasteiger partial charge in [-0.15, -0.1) is 0 Å². The average molecular weight is 507 g/mol. The summed E-state index contributed by atoms with van der Waals surface area (Å²) in [5.74, 6) is 0.846. The second kappa shape index (κ2) is 11.3. The number of nitrogens with one attached hydrogen (secondary N) is 2. The molecule has 2 amide bonds. The van der Waals surface area contributed by atoms with E-state index in [1.54, 1.807) is 42.2 Å². The molecule has 2 N–H and O–H groups in total. The van der Waals surface area contributed by atoms with Gasteiger partial charge in [-0.1, -0.05) is 48.5 Å². The number of fused-ring (bicyclic) bond motifs is 1. The van der Waals surface area contributed by atoms with Gasteiger partial charge in [-0.2, -0.15) is 5.10 Å². The molecule has 1 heterocycles. The van der Waals surface area contributed by atoms with Crippen molar-refractivity contribution < 1.29 is 19.1 Å². The standard InChI is InChI=1S/C30H26N4O4/c1-34-18-23(17-31-34)30(36)33-24-12-14-26(15-13-24)37-19-21-6-4-9-25(16-21)32-29(35)20-38-28-11-5-8-22-7-2-3-10-27(22)28/h2-18H,19-20H2,1H3,(H,32,35)(H,33,36). The summed E-state index contributed by atoms with van der Waals surface area (Å²) in [4.78, 5) is 24.8. The van der Waals surface area contributed by atoms with Gasteiger partial charge < -0.3 is 20.1 Å². The van der Waals surface area contributed by atoms with Crippen LogP contribution < -0.4 is 20.1 Å². The lowest BCUT2D eigenvalue weighted by Gasteiger charge is -2.11. The Labute approximate surface area is 219 Å². The molecule has 0 unspecified atom stereocenters. The predicted octanol–water partition coefficient (Wildman–Crippen LogP) is 5.42. The van der Waals surface area contributed by atoms with Crippen LogP contribution >= 0.6 is 0 Å². The Morgan fingerprint density at radius 1 is 0.842 bits per heavy atom. The molecule has 190 valence electrons. The van der Waals surface area contributed by atoms with Gasteiger partial charge in [0.1, 0.15) is 18.1 Å². The van der Waals surface area contributed by atoms with Gasteiger partial charge in [-0.05, 0) is 53.4 Å². The first-order valence-electron chi connectivity index (χ1n) is 12.1. The number of hydrogen-bond acceptors (Lipinski definition) is 5. The molecule has 38 heavy (non-hydrogen) atoms. The molecule has 0 spiro atoms. The van der Waals surface area contributed by atoms with Gasteiger partial charge in [0, 0.05) is 30.0 Å². The van der Waals surface area contributed by atoms with Crippen LogP contribution in [0.3, 0.4) is 0 Å². The number of anilines is 2. The Morgan fingerprint density at radius 3 is 2.45 bits per heavy atom. The van der Waals surface area contributed by atoms with E-state index in [1.165, 1.54) is 6.20 Å². The second-order valence-corrected chi connectivity index (χ2v) is 8.68. The zero-order valence-corrected chi connectivity index (χ0v) is 20.8. The summed E-state index contributed by atoms with van der Waals surface area (Å²) < 4.78 is 13.2. The molecule has 0 saturated heterocycles. The average Bonchev–Trinajstić information content (AvgIpc) is 3.38. The third-order valence-electron chi connectivity index (χ3n) is 5.80. The van der Waals surface area contributed by atoms with E-state index in [0.717, 1.165) is 16.3 Å². The van der Waals surface area contributed by atoms with Crippen LogP contribution in [0.25, 0.3) is 10.8 Å². The fraction of sp³-hybridized carbons (Fsp3) is 0.100. The molecule has 5 aromatic rings. The number of rotatable bonds is 9. The molecular weight excluding hydrogens is 480 g/mol. The lowest BCUT2D eigenvalue weighted by atomic mass is 10.1. The molecule has 0 aliphatic rings. The van der Waals surface area contributed by atoms with Crippen molar-refractivity contribution in [1.29, 1.82) is 0 Å². The van der Waals surface area contributed by atoms with Crippen molar-refractivity contribution in [2.24, 2.45) is 7.05 Å². The van der Waals surface area contributed by atoms with E-state index in [1.807, 2.05) is 66.7 Å². The van der Waals surface area contributed by atoms with Crippen molar-refractivity contribution in [1.82, 2.24) is 9.78 Å². The lowest BCUT2D eigenvalue weighted by Crippen LogP contribution is -2.20. The van der Waals surface area contributed by atoms with E-state index < -0.39 is 0 Å². The molecule has 8 nitrogen and oxygen atoms in total. The maximum atomic E-state index is 12.5. The first-order chi connectivity index (χ1) is 18.5. The van der Waals surface area contributed by atoms with E-state index in [9.17, 15) is 9.59 Å². The summed E-state index contributed by atoms with van der Waals surface area (Å²) in [6.45, 7) is 0.218. The first kappa shape index (κ1) is 24.6. The Kier molecular flexibility index (Phi) is 7.31. The number of carbonyl (C=O) groups is 2. The van der Waals surface area contributed by atoms with Crippen LogP contribution in [0, 0.1) is 0 Å². The largest absolute Gasteiger partial charge is 0.489 e. The van der Waals surface area contributed by atoms with E-state index in [0.29, 0.717) is 35.0 Å². The Morgan fingerprint density at radius 2 is 1.63 bits per heavy atom. The summed E-state index contributed by atoms with van der Waals surface area (Å²) in [6.07, 6.45) is 3.17. The van der Waals surface area contributed by atoms with Gasteiger partial charge in [-0.3, -0.25) is 14.3 Å². The quantitative estimate of drug-likeness (QED) is 0.278. The van der Waals surface area contributed by atoms with Gasteiger partial charge >= 0.3 is 0 Å². The SMILES string of the molecule is Cn1cc(C(=O)Nc2ccc(OCc3cccc(NC(=O)COc4cccc5ccccc45)c3)cc2)cn1. The van der Waals surface area contributed by atoms with Gasteiger partial charge in [0.2, 0.25) is 0 Å². The normalized spacial score (nSPS) is 10.7. The minimum absolute atomic E-state index is 0.0988. The summed E-state index contributed by atoms with van der Waals surface area (Å²) >= 11 is 0. The fourth-order valence-electron chi connectivity index (χ4n) is 3.94. The third-order valence-corrected chi connectivity index (χ3v) is 5.80. The number of ether oxygens (including phenoxy) is 2. The molecule has 0 atom stereocenters. The Balaban J connectivity index is 1.12. The second-order valence-electron chi connectivity index (χ2n) is 8.68. The van der Waals surface area contributed by atoms with Crippen molar-refractivity contribution in [2.75, 3.05) is 17.2 Å². The number of nitrogens with zero attached hydrogens (tertiary/aromatic N) is 2. The molecule has 0 aliphatic heterocycles. The molecule has 0 saturated carbocycles.